The summed E-state index contributed by atoms with van der Waals surface area (Å²) in [6, 6.07) is 4.04. The summed E-state index contributed by atoms with van der Waals surface area (Å²) in [7, 11) is 0. The molecule has 0 radical (unpaired) electrons. The minimum atomic E-state index is 0.284. The number of allylic oxidation sites excluding steroid dienone is 6. The van der Waals surface area contributed by atoms with E-state index >= 15 is 0 Å². The first-order valence-corrected chi connectivity index (χ1v) is 7.54. The molecule has 0 fully saturated rings. The average Bonchev–Trinajstić information content (AvgIpc) is 2.49. The SMILES string of the molecule is CC[NH+](CC)C1=CC2=CC(=C(C#N)C#N)CC[C@H]2CC1. The first-order valence-electron chi connectivity index (χ1n) is 7.54. The van der Waals surface area contributed by atoms with Gasteiger partial charge in [0.15, 0.2) is 0 Å². The highest BCUT2D eigenvalue weighted by Crippen LogP contribution is 2.36. The molecule has 0 saturated carbocycles. The quantitative estimate of drug-likeness (QED) is 0.798. The smallest absolute Gasteiger partial charge is 0.132 e. The number of hydrogen-bond acceptors (Lipinski definition) is 2. The second-order valence-electron chi connectivity index (χ2n) is 5.52. The summed E-state index contributed by atoms with van der Waals surface area (Å²) in [5.74, 6) is 0.621. The number of nitrogens with one attached hydrogen (secondary N) is 1. The van der Waals surface area contributed by atoms with Gasteiger partial charge in [-0.25, -0.2) is 0 Å². The van der Waals surface area contributed by atoms with Crippen LogP contribution in [0, 0.1) is 28.6 Å². The molecular formula is C17H22N3+. The molecule has 0 aliphatic heterocycles. The molecule has 20 heavy (non-hydrogen) atoms. The zero-order chi connectivity index (χ0) is 14.5. The first-order chi connectivity index (χ1) is 9.73. The van der Waals surface area contributed by atoms with E-state index in [4.69, 9.17) is 10.5 Å². The van der Waals surface area contributed by atoms with Crippen LogP contribution in [-0.4, -0.2) is 13.1 Å². The molecule has 0 aromatic heterocycles. The molecule has 3 heteroatoms. The van der Waals surface area contributed by atoms with Gasteiger partial charge in [-0.3, -0.25) is 0 Å². The lowest BCUT2D eigenvalue weighted by Crippen LogP contribution is -3.09. The minimum Gasteiger partial charge on any atom is -0.307 e. The van der Waals surface area contributed by atoms with E-state index in [1.807, 2.05) is 12.1 Å². The molecule has 1 atom stereocenters. The molecule has 0 bridgehead atoms. The maximum absolute atomic E-state index is 9.01. The number of hydrogen-bond donors (Lipinski definition) is 1. The molecule has 2 aliphatic carbocycles. The Bertz CT molecular complexity index is 532. The van der Waals surface area contributed by atoms with E-state index in [9.17, 15) is 0 Å². The van der Waals surface area contributed by atoms with Gasteiger partial charge in [-0.15, -0.1) is 0 Å². The highest BCUT2D eigenvalue weighted by Gasteiger charge is 2.27. The van der Waals surface area contributed by atoms with Crippen LogP contribution in [0.3, 0.4) is 0 Å². The van der Waals surface area contributed by atoms with Crippen molar-refractivity contribution in [2.24, 2.45) is 5.92 Å². The monoisotopic (exact) mass is 268 g/mol. The molecule has 104 valence electrons. The molecule has 3 nitrogen and oxygen atoms in total. The fourth-order valence-electron chi connectivity index (χ4n) is 3.31. The zero-order valence-corrected chi connectivity index (χ0v) is 12.4. The lowest BCUT2D eigenvalue weighted by molar-refractivity contribution is -0.858. The molecule has 0 heterocycles. The molecule has 0 spiro atoms. The Morgan fingerprint density at radius 2 is 1.80 bits per heavy atom. The summed E-state index contributed by atoms with van der Waals surface area (Å²) < 4.78 is 0. The van der Waals surface area contributed by atoms with Crippen molar-refractivity contribution in [3.05, 3.63) is 34.6 Å². The number of fused-ring (bicyclic) bond motifs is 1. The molecule has 0 aromatic rings. The summed E-state index contributed by atoms with van der Waals surface area (Å²) in [6.45, 7) is 6.67. The van der Waals surface area contributed by atoms with Crippen LogP contribution in [0.1, 0.15) is 39.5 Å². The van der Waals surface area contributed by atoms with Gasteiger partial charge in [-0.1, -0.05) is 6.08 Å². The predicted octanol–water partition coefficient (Wildman–Crippen LogP) is 2.27. The number of nitrogens with zero attached hydrogens (tertiary/aromatic N) is 2. The third-order valence-corrected chi connectivity index (χ3v) is 4.53. The van der Waals surface area contributed by atoms with Gasteiger partial charge < -0.3 is 4.90 Å². The van der Waals surface area contributed by atoms with Crippen molar-refractivity contribution < 1.29 is 4.90 Å². The van der Waals surface area contributed by atoms with Crippen LogP contribution in [-0.2, 0) is 0 Å². The van der Waals surface area contributed by atoms with Gasteiger partial charge in [0.2, 0.25) is 0 Å². The summed E-state index contributed by atoms with van der Waals surface area (Å²) >= 11 is 0. The fraction of sp³-hybridized carbons (Fsp3) is 0.529. The third kappa shape index (κ3) is 2.84. The highest BCUT2D eigenvalue weighted by atomic mass is 15.1. The van der Waals surface area contributed by atoms with E-state index in [1.165, 1.54) is 24.1 Å². The maximum Gasteiger partial charge on any atom is 0.132 e. The van der Waals surface area contributed by atoms with Crippen molar-refractivity contribution >= 4 is 0 Å². The summed E-state index contributed by atoms with van der Waals surface area (Å²) in [4.78, 5) is 1.54. The Morgan fingerprint density at radius 3 is 2.40 bits per heavy atom. The maximum atomic E-state index is 9.01. The second kappa shape index (κ2) is 6.55. The van der Waals surface area contributed by atoms with Crippen LogP contribution < -0.4 is 4.90 Å². The number of quaternary nitrogens is 1. The fourth-order valence-corrected chi connectivity index (χ4v) is 3.31. The van der Waals surface area contributed by atoms with Gasteiger partial charge in [0.25, 0.3) is 0 Å². The van der Waals surface area contributed by atoms with Crippen molar-refractivity contribution in [1.29, 1.82) is 10.5 Å². The van der Waals surface area contributed by atoms with Crippen LogP contribution in [0.2, 0.25) is 0 Å². The van der Waals surface area contributed by atoms with Gasteiger partial charge >= 0.3 is 0 Å². The summed E-state index contributed by atoms with van der Waals surface area (Å²) in [5, 5.41) is 18.0. The number of nitriles is 2. The highest BCUT2D eigenvalue weighted by molar-refractivity contribution is 5.49. The van der Waals surface area contributed by atoms with Crippen LogP contribution >= 0.6 is 0 Å². The lowest BCUT2D eigenvalue weighted by atomic mass is 9.77. The molecule has 2 rings (SSSR count). The van der Waals surface area contributed by atoms with Crippen molar-refractivity contribution in [1.82, 2.24) is 0 Å². The van der Waals surface area contributed by atoms with Gasteiger partial charge in [0.1, 0.15) is 23.4 Å². The molecule has 0 unspecified atom stereocenters. The summed E-state index contributed by atoms with van der Waals surface area (Å²) in [6.07, 6.45) is 8.75. The topological polar surface area (TPSA) is 52.0 Å². The Labute approximate surface area is 121 Å². The van der Waals surface area contributed by atoms with E-state index in [0.717, 1.165) is 31.5 Å². The van der Waals surface area contributed by atoms with E-state index in [-0.39, 0.29) is 5.57 Å². The van der Waals surface area contributed by atoms with Crippen LogP contribution in [0.15, 0.2) is 34.6 Å². The molecule has 0 aromatic carbocycles. The normalized spacial score (nSPS) is 21.4. The molecule has 0 amide bonds. The van der Waals surface area contributed by atoms with E-state index in [0.29, 0.717) is 5.92 Å². The Balaban J connectivity index is 2.35. The Hall–Kier alpha value is -1.84. The largest absolute Gasteiger partial charge is 0.307 e. The van der Waals surface area contributed by atoms with Crippen LogP contribution in [0.4, 0.5) is 0 Å². The van der Waals surface area contributed by atoms with Gasteiger partial charge in [0.05, 0.1) is 13.1 Å². The molecule has 1 N–H and O–H groups in total. The number of rotatable bonds is 3. The van der Waals surface area contributed by atoms with Crippen molar-refractivity contribution in [3.8, 4) is 12.1 Å². The van der Waals surface area contributed by atoms with E-state index in [2.05, 4.69) is 26.0 Å². The van der Waals surface area contributed by atoms with Crippen LogP contribution in [0.25, 0.3) is 0 Å². The molecular weight excluding hydrogens is 246 g/mol. The van der Waals surface area contributed by atoms with Crippen molar-refractivity contribution in [2.75, 3.05) is 13.1 Å². The second-order valence-corrected chi connectivity index (χ2v) is 5.52. The van der Waals surface area contributed by atoms with E-state index in [1.54, 1.807) is 4.90 Å². The van der Waals surface area contributed by atoms with Gasteiger partial charge in [0, 0.05) is 6.42 Å². The zero-order valence-electron chi connectivity index (χ0n) is 12.4. The Morgan fingerprint density at radius 1 is 1.15 bits per heavy atom. The van der Waals surface area contributed by atoms with Crippen molar-refractivity contribution in [2.45, 2.75) is 39.5 Å². The third-order valence-electron chi connectivity index (χ3n) is 4.53. The van der Waals surface area contributed by atoms with Gasteiger partial charge in [-0.2, -0.15) is 10.5 Å². The standard InChI is InChI=1S/C17H21N3/c1-3-20(4-2)17-8-7-13-5-6-14(9-15(13)10-17)16(11-18)12-19/h9-10,13H,3-8H2,1-2H3/p+1/t13-/m0/s1. The average molecular weight is 268 g/mol. The summed E-state index contributed by atoms with van der Waals surface area (Å²) in [5.41, 5.74) is 4.02. The molecule has 0 saturated heterocycles. The molecule has 2 aliphatic rings. The predicted molar refractivity (Wildman–Crippen MR) is 78.4 cm³/mol. The van der Waals surface area contributed by atoms with Crippen molar-refractivity contribution in [3.63, 3.8) is 0 Å². The van der Waals surface area contributed by atoms with Gasteiger partial charge in [-0.05, 0) is 56.3 Å². The first kappa shape index (κ1) is 14.6. The minimum absolute atomic E-state index is 0.284. The lowest BCUT2D eigenvalue weighted by Gasteiger charge is -2.30. The Kier molecular flexibility index (Phi) is 4.77. The van der Waals surface area contributed by atoms with Crippen LogP contribution in [0.5, 0.6) is 0 Å². The van der Waals surface area contributed by atoms with E-state index < -0.39 is 0 Å².